The Balaban J connectivity index is 3.17. The molecule has 0 amide bonds. The first-order valence-electron chi connectivity index (χ1n) is 3.88. The number of aliphatic hydroxyl groups excluding tert-OH is 1. The monoisotopic (exact) mass is 194 g/mol. The average molecular weight is 194 g/mol. The van der Waals surface area contributed by atoms with Crippen LogP contribution in [0.5, 0.6) is 0 Å². The van der Waals surface area contributed by atoms with Gasteiger partial charge in [-0.1, -0.05) is 6.08 Å². The van der Waals surface area contributed by atoms with E-state index in [1.165, 1.54) is 0 Å². The molecule has 0 radical (unpaired) electrons. The van der Waals surface area contributed by atoms with Crippen LogP contribution in [0.15, 0.2) is 12.2 Å². The van der Waals surface area contributed by atoms with Gasteiger partial charge in [0.1, 0.15) is 5.60 Å². The van der Waals surface area contributed by atoms with Crippen molar-refractivity contribution >= 4 is 0 Å². The Morgan fingerprint density at radius 2 is 1.92 bits per heavy atom. The van der Waals surface area contributed by atoms with Crippen LogP contribution in [0.25, 0.3) is 0 Å². The van der Waals surface area contributed by atoms with E-state index in [9.17, 15) is 19.0 Å². The Morgan fingerprint density at radius 3 is 2.23 bits per heavy atom. The van der Waals surface area contributed by atoms with Gasteiger partial charge in [0.05, 0.1) is 6.61 Å². The van der Waals surface area contributed by atoms with Crippen molar-refractivity contribution in [2.45, 2.75) is 30.5 Å². The Labute approximate surface area is 74.3 Å². The minimum Gasteiger partial charge on any atom is -0.393 e. The first kappa shape index (κ1) is 10.6. The minimum atomic E-state index is -3.61. The van der Waals surface area contributed by atoms with Crippen LogP contribution in [0, 0.1) is 0 Å². The van der Waals surface area contributed by atoms with Crippen LogP contribution < -0.4 is 0 Å². The summed E-state index contributed by atoms with van der Waals surface area (Å²) in [4.78, 5) is 0. The Morgan fingerprint density at radius 1 is 1.38 bits per heavy atom. The molecule has 0 saturated carbocycles. The zero-order valence-electron chi connectivity index (χ0n) is 7.17. The summed E-state index contributed by atoms with van der Waals surface area (Å²) in [6, 6.07) is 0. The lowest BCUT2D eigenvalue weighted by Crippen LogP contribution is -2.66. The van der Waals surface area contributed by atoms with Crippen molar-refractivity contribution in [2.75, 3.05) is 6.61 Å². The summed E-state index contributed by atoms with van der Waals surface area (Å²) in [6.45, 7) is -0.113. The van der Waals surface area contributed by atoms with Crippen molar-refractivity contribution in [3.63, 3.8) is 0 Å². The molecule has 0 saturated heterocycles. The minimum absolute atomic E-state index is 0.111. The molecule has 5 heteroatoms. The van der Waals surface area contributed by atoms with Crippen LogP contribution in [0.3, 0.4) is 0 Å². The summed E-state index contributed by atoms with van der Waals surface area (Å²) < 4.78 is 26.2. The molecule has 0 aliphatic heterocycles. The van der Waals surface area contributed by atoms with Gasteiger partial charge in [-0.25, -0.2) is 0 Å². The largest absolute Gasteiger partial charge is 0.393 e. The smallest absolute Gasteiger partial charge is 0.299 e. The molecule has 2 atom stereocenters. The van der Waals surface area contributed by atoms with Crippen molar-refractivity contribution in [1.29, 1.82) is 0 Å². The number of alkyl halides is 2. The molecular formula is C8H12F2O3. The van der Waals surface area contributed by atoms with Crippen molar-refractivity contribution in [3.05, 3.63) is 12.2 Å². The first-order valence-corrected chi connectivity index (χ1v) is 3.88. The highest BCUT2D eigenvalue weighted by Crippen LogP contribution is 2.43. The van der Waals surface area contributed by atoms with Gasteiger partial charge in [0.2, 0.25) is 0 Å². The molecule has 3 nitrogen and oxygen atoms in total. The topological polar surface area (TPSA) is 60.7 Å². The molecule has 3 N–H and O–H groups in total. The highest BCUT2D eigenvalue weighted by molar-refractivity contribution is 5.20. The second-order valence-electron chi connectivity index (χ2n) is 3.52. The maximum atomic E-state index is 13.1. The molecule has 1 aliphatic carbocycles. The molecule has 0 bridgehead atoms. The predicted octanol–water partition coefficient (Wildman–Crippen LogP) is 0.0560. The summed E-state index contributed by atoms with van der Waals surface area (Å²) in [6.07, 6.45) is 1.48. The van der Waals surface area contributed by atoms with Gasteiger partial charge < -0.3 is 15.3 Å². The summed E-state index contributed by atoms with van der Waals surface area (Å²) >= 11 is 0. The van der Waals surface area contributed by atoms with E-state index in [4.69, 9.17) is 5.11 Å². The summed E-state index contributed by atoms with van der Waals surface area (Å²) in [5.74, 6) is -3.61. The molecule has 0 aromatic heterocycles. The fourth-order valence-corrected chi connectivity index (χ4v) is 1.38. The Hall–Kier alpha value is -0.520. The molecule has 0 spiro atoms. The summed E-state index contributed by atoms with van der Waals surface area (Å²) in [5, 5.41) is 27.6. The van der Waals surface area contributed by atoms with E-state index in [2.05, 4.69) is 0 Å². The standard InChI is InChI=1S/C8H12F2O3/c1-6(12)3-2-4-8(9,10)7(6,13)5-11/h2,4,11-13H,3,5H2,1H3/t6-,7-/m1/s1. The van der Waals surface area contributed by atoms with E-state index in [-0.39, 0.29) is 6.42 Å². The average Bonchev–Trinajstić information content (AvgIpc) is 1.99. The van der Waals surface area contributed by atoms with Crippen LogP contribution in [0.2, 0.25) is 0 Å². The number of halogens is 2. The van der Waals surface area contributed by atoms with Gasteiger partial charge in [0.25, 0.3) is 5.92 Å². The van der Waals surface area contributed by atoms with Gasteiger partial charge in [-0.15, -0.1) is 0 Å². The van der Waals surface area contributed by atoms with E-state index in [1.807, 2.05) is 0 Å². The summed E-state index contributed by atoms with van der Waals surface area (Å²) in [7, 11) is 0. The maximum Gasteiger partial charge on any atom is 0.299 e. The lowest BCUT2D eigenvalue weighted by molar-refractivity contribution is -0.259. The van der Waals surface area contributed by atoms with Crippen molar-refractivity contribution in [3.8, 4) is 0 Å². The highest BCUT2D eigenvalue weighted by Gasteiger charge is 2.62. The van der Waals surface area contributed by atoms with Crippen LogP contribution >= 0.6 is 0 Å². The van der Waals surface area contributed by atoms with Crippen molar-refractivity contribution in [2.24, 2.45) is 0 Å². The molecule has 0 fully saturated rings. The highest BCUT2D eigenvalue weighted by atomic mass is 19.3. The lowest BCUT2D eigenvalue weighted by atomic mass is 9.74. The quantitative estimate of drug-likeness (QED) is 0.517. The molecule has 1 rings (SSSR count). The molecule has 1 aliphatic rings. The molecule has 0 aromatic carbocycles. The van der Waals surface area contributed by atoms with Crippen LogP contribution in [-0.2, 0) is 0 Å². The molecule has 0 aromatic rings. The zero-order valence-corrected chi connectivity index (χ0v) is 7.17. The van der Waals surface area contributed by atoms with Crippen LogP contribution in [0.1, 0.15) is 13.3 Å². The van der Waals surface area contributed by atoms with E-state index in [0.717, 1.165) is 13.0 Å². The molecule has 76 valence electrons. The van der Waals surface area contributed by atoms with Gasteiger partial charge in [0, 0.05) is 0 Å². The van der Waals surface area contributed by atoms with Gasteiger partial charge in [-0.3, -0.25) is 0 Å². The fraction of sp³-hybridized carbons (Fsp3) is 0.750. The van der Waals surface area contributed by atoms with Crippen molar-refractivity contribution < 1.29 is 24.1 Å². The van der Waals surface area contributed by atoms with Crippen LogP contribution in [-0.4, -0.2) is 39.1 Å². The molecule has 0 heterocycles. The van der Waals surface area contributed by atoms with Crippen molar-refractivity contribution in [1.82, 2.24) is 0 Å². The third-order valence-corrected chi connectivity index (χ3v) is 2.51. The summed E-state index contributed by atoms with van der Waals surface area (Å²) in [5.41, 5.74) is -4.81. The number of rotatable bonds is 1. The zero-order chi connectivity index (χ0) is 10.3. The number of hydrogen-bond donors (Lipinski definition) is 3. The first-order chi connectivity index (χ1) is 5.77. The SMILES string of the molecule is C[C@@]1(O)CC=CC(F)(F)[C@@]1(O)CO. The fourth-order valence-electron chi connectivity index (χ4n) is 1.38. The molecule has 13 heavy (non-hydrogen) atoms. The van der Waals surface area contributed by atoms with E-state index in [1.54, 1.807) is 0 Å². The molecular weight excluding hydrogens is 182 g/mol. The van der Waals surface area contributed by atoms with Crippen LogP contribution in [0.4, 0.5) is 8.78 Å². The second kappa shape index (κ2) is 2.73. The Bertz CT molecular complexity index is 238. The predicted molar refractivity (Wildman–Crippen MR) is 41.4 cm³/mol. The number of aliphatic hydroxyl groups is 3. The third kappa shape index (κ3) is 1.27. The number of hydrogen-bond acceptors (Lipinski definition) is 3. The van der Waals surface area contributed by atoms with E-state index < -0.39 is 23.7 Å². The molecule has 0 unspecified atom stereocenters. The van der Waals surface area contributed by atoms with Gasteiger partial charge >= 0.3 is 0 Å². The third-order valence-electron chi connectivity index (χ3n) is 2.51. The van der Waals surface area contributed by atoms with Gasteiger partial charge in [-0.05, 0) is 19.4 Å². The maximum absolute atomic E-state index is 13.1. The van der Waals surface area contributed by atoms with Gasteiger partial charge in [0.15, 0.2) is 5.60 Å². The second-order valence-corrected chi connectivity index (χ2v) is 3.52. The van der Waals surface area contributed by atoms with E-state index >= 15 is 0 Å². The van der Waals surface area contributed by atoms with E-state index in [0.29, 0.717) is 6.08 Å². The van der Waals surface area contributed by atoms with Gasteiger partial charge in [-0.2, -0.15) is 8.78 Å². The normalized spacial score (nSPS) is 43.5. The lowest BCUT2D eigenvalue weighted by Gasteiger charge is -2.45. The Kier molecular flexibility index (Phi) is 2.22.